The standard InChI is InChI=1S/C30H56N2O4/c1-21(2)31-13-9-25(10-14-31)35-30-19-28(20-30)34-24(6)8-7-23(5)32-15-11-26(12-16-32)36-29-17-27(18-29)33-22(3)4/h21-30H,7-20H2,1-6H3/t23?,24?,27-,28-,29-,30+. The minimum absolute atomic E-state index is 0.330. The Bertz CT molecular complexity index is 618. The molecule has 0 aromatic heterocycles. The third-order valence-corrected chi connectivity index (χ3v) is 9.06. The summed E-state index contributed by atoms with van der Waals surface area (Å²) in [5.74, 6) is 0. The van der Waals surface area contributed by atoms with Gasteiger partial charge in [-0.2, -0.15) is 0 Å². The second-order valence-electron chi connectivity index (χ2n) is 12.8. The van der Waals surface area contributed by atoms with Crippen LogP contribution in [-0.2, 0) is 18.9 Å². The SMILES string of the molecule is CC(C)O[C@H]1C[C@H](OC2CCN(C(C)CCC(C)O[C@H]3C[C@@H](OC4CCN(C(C)C)CC4)C3)CC2)C1. The highest BCUT2D eigenvalue weighted by molar-refractivity contribution is 4.86. The minimum atomic E-state index is 0.330. The first-order valence-corrected chi connectivity index (χ1v) is 15.3. The van der Waals surface area contributed by atoms with Crippen LogP contribution in [0.4, 0.5) is 0 Å². The number of ether oxygens (including phenoxy) is 4. The average molecular weight is 509 g/mol. The molecule has 6 heteroatoms. The van der Waals surface area contributed by atoms with Crippen molar-refractivity contribution in [2.75, 3.05) is 26.2 Å². The van der Waals surface area contributed by atoms with Crippen molar-refractivity contribution in [3.8, 4) is 0 Å². The minimum Gasteiger partial charge on any atom is -0.375 e. The van der Waals surface area contributed by atoms with Crippen molar-refractivity contribution in [1.29, 1.82) is 0 Å². The van der Waals surface area contributed by atoms with Crippen LogP contribution < -0.4 is 0 Å². The Hall–Kier alpha value is -0.240. The van der Waals surface area contributed by atoms with Gasteiger partial charge in [0.25, 0.3) is 0 Å². The number of hydrogen-bond acceptors (Lipinski definition) is 6. The van der Waals surface area contributed by atoms with Crippen LogP contribution in [0.3, 0.4) is 0 Å². The molecule has 2 aliphatic heterocycles. The van der Waals surface area contributed by atoms with Crippen LogP contribution in [0.2, 0.25) is 0 Å². The van der Waals surface area contributed by atoms with Crippen molar-refractivity contribution < 1.29 is 18.9 Å². The quantitative estimate of drug-likeness (QED) is 0.331. The van der Waals surface area contributed by atoms with Crippen LogP contribution in [0.25, 0.3) is 0 Å². The second kappa shape index (κ2) is 13.7. The predicted octanol–water partition coefficient (Wildman–Crippen LogP) is 5.42. The van der Waals surface area contributed by atoms with E-state index in [1.807, 2.05) is 0 Å². The van der Waals surface area contributed by atoms with Crippen molar-refractivity contribution in [3.63, 3.8) is 0 Å². The maximum absolute atomic E-state index is 6.38. The summed E-state index contributed by atoms with van der Waals surface area (Å²) in [6.07, 6.45) is 14.7. The van der Waals surface area contributed by atoms with Gasteiger partial charge in [-0.25, -0.2) is 0 Å². The van der Waals surface area contributed by atoms with E-state index in [-0.39, 0.29) is 0 Å². The highest BCUT2D eigenvalue weighted by Gasteiger charge is 2.36. The fourth-order valence-corrected chi connectivity index (χ4v) is 6.44. The van der Waals surface area contributed by atoms with E-state index in [0.717, 1.165) is 45.2 Å². The van der Waals surface area contributed by atoms with E-state index in [1.165, 1.54) is 45.2 Å². The van der Waals surface area contributed by atoms with Crippen LogP contribution in [0.1, 0.15) is 106 Å². The van der Waals surface area contributed by atoms with Crippen molar-refractivity contribution in [2.24, 2.45) is 0 Å². The van der Waals surface area contributed by atoms with E-state index in [2.05, 4.69) is 51.3 Å². The summed E-state index contributed by atoms with van der Waals surface area (Å²) in [5.41, 5.74) is 0. The molecule has 0 radical (unpaired) electrons. The van der Waals surface area contributed by atoms with Crippen molar-refractivity contribution in [3.05, 3.63) is 0 Å². The molecule has 2 aliphatic carbocycles. The molecule has 2 unspecified atom stereocenters. The lowest BCUT2D eigenvalue weighted by Crippen LogP contribution is -2.46. The Morgan fingerprint density at radius 2 is 1.03 bits per heavy atom. The summed E-state index contributed by atoms with van der Waals surface area (Å²) < 4.78 is 25.0. The zero-order valence-electron chi connectivity index (χ0n) is 24.2. The number of hydrogen-bond donors (Lipinski definition) is 0. The Balaban J connectivity index is 1.01. The molecule has 0 aromatic rings. The molecule has 4 fully saturated rings. The third-order valence-electron chi connectivity index (χ3n) is 9.06. The summed E-state index contributed by atoms with van der Waals surface area (Å²) in [6.45, 7) is 18.2. The molecule has 4 aliphatic rings. The van der Waals surface area contributed by atoms with Crippen LogP contribution in [0.15, 0.2) is 0 Å². The molecule has 2 atom stereocenters. The summed E-state index contributed by atoms with van der Waals surface area (Å²) in [4.78, 5) is 5.23. The maximum atomic E-state index is 6.38. The normalized spacial score (nSPS) is 33.0. The van der Waals surface area contributed by atoms with Gasteiger partial charge in [-0.3, -0.25) is 0 Å². The van der Waals surface area contributed by atoms with Gasteiger partial charge in [-0.15, -0.1) is 0 Å². The fraction of sp³-hybridized carbons (Fsp3) is 1.00. The number of rotatable bonds is 13. The van der Waals surface area contributed by atoms with Gasteiger partial charge < -0.3 is 28.7 Å². The lowest BCUT2D eigenvalue weighted by atomic mass is 9.91. The molecule has 0 amide bonds. The predicted molar refractivity (Wildman–Crippen MR) is 146 cm³/mol. The van der Waals surface area contributed by atoms with Gasteiger partial charge in [-0.05, 0) is 106 Å². The van der Waals surface area contributed by atoms with E-state index < -0.39 is 0 Å². The van der Waals surface area contributed by atoms with Crippen LogP contribution in [0.5, 0.6) is 0 Å². The Kier molecular flexibility index (Phi) is 11.0. The Morgan fingerprint density at radius 3 is 1.50 bits per heavy atom. The van der Waals surface area contributed by atoms with Crippen molar-refractivity contribution in [2.45, 2.75) is 167 Å². The molecule has 36 heavy (non-hydrogen) atoms. The molecule has 4 rings (SSSR count). The Morgan fingerprint density at radius 1 is 0.556 bits per heavy atom. The molecule has 6 nitrogen and oxygen atoms in total. The van der Waals surface area contributed by atoms with E-state index in [9.17, 15) is 0 Å². The van der Waals surface area contributed by atoms with Gasteiger partial charge in [0.05, 0.1) is 48.8 Å². The van der Waals surface area contributed by atoms with Crippen LogP contribution in [0, 0.1) is 0 Å². The van der Waals surface area contributed by atoms with Crippen molar-refractivity contribution in [1.82, 2.24) is 9.80 Å². The number of nitrogens with zero attached hydrogens (tertiary/aromatic N) is 2. The van der Waals surface area contributed by atoms with E-state index in [4.69, 9.17) is 18.9 Å². The van der Waals surface area contributed by atoms with Gasteiger partial charge in [-0.1, -0.05) is 0 Å². The van der Waals surface area contributed by atoms with E-state index in [0.29, 0.717) is 60.9 Å². The van der Waals surface area contributed by atoms with Crippen LogP contribution >= 0.6 is 0 Å². The van der Waals surface area contributed by atoms with Gasteiger partial charge in [0.1, 0.15) is 0 Å². The van der Waals surface area contributed by atoms with Crippen LogP contribution in [-0.4, -0.2) is 96.9 Å². The summed E-state index contributed by atoms with van der Waals surface area (Å²) in [7, 11) is 0. The Labute approximate surface area is 221 Å². The van der Waals surface area contributed by atoms with Crippen molar-refractivity contribution >= 4 is 0 Å². The molecule has 0 spiro atoms. The van der Waals surface area contributed by atoms with Gasteiger partial charge in [0, 0.05) is 38.3 Å². The zero-order valence-corrected chi connectivity index (χ0v) is 24.2. The summed E-state index contributed by atoms with van der Waals surface area (Å²) in [5, 5.41) is 0. The highest BCUT2D eigenvalue weighted by Crippen LogP contribution is 2.32. The largest absolute Gasteiger partial charge is 0.375 e. The second-order valence-corrected chi connectivity index (χ2v) is 12.8. The van der Waals surface area contributed by atoms with E-state index in [1.54, 1.807) is 0 Å². The van der Waals surface area contributed by atoms with Gasteiger partial charge in [0.2, 0.25) is 0 Å². The molecule has 2 saturated heterocycles. The smallest absolute Gasteiger partial charge is 0.0628 e. The zero-order chi connectivity index (χ0) is 25.7. The lowest BCUT2D eigenvalue weighted by Gasteiger charge is -2.42. The topological polar surface area (TPSA) is 43.4 Å². The molecule has 2 saturated carbocycles. The lowest BCUT2D eigenvalue weighted by molar-refractivity contribution is -0.151. The monoisotopic (exact) mass is 508 g/mol. The number of likely N-dealkylation sites (tertiary alicyclic amines) is 2. The molecule has 0 aromatic carbocycles. The van der Waals surface area contributed by atoms with Gasteiger partial charge >= 0.3 is 0 Å². The third kappa shape index (κ3) is 8.64. The first-order chi connectivity index (χ1) is 17.2. The summed E-state index contributed by atoms with van der Waals surface area (Å²) in [6, 6.07) is 1.28. The number of piperidine rings is 2. The fourth-order valence-electron chi connectivity index (χ4n) is 6.44. The molecule has 2 heterocycles. The average Bonchev–Trinajstić information content (AvgIpc) is 2.80. The molecule has 210 valence electrons. The van der Waals surface area contributed by atoms with E-state index >= 15 is 0 Å². The molecular formula is C30H56N2O4. The summed E-state index contributed by atoms with van der Waals surface area (Å²) >= 11 is 0. The first kappa shape index (κ1) is 28.8. The maximum Gasteiger partial charge on any atom is 0.0628 e. The first-order valence-electron chi connectivity index (χ1n) is 15.3. The van der Waals surface area contributed by atoms with Gasteiger partial charge in [0.15, 0.2) is 0 Å². The molecule has 0 bridgehead atoms. The highest BCUT2D eigenvalue weighted by atomic mass is 16.5. The molecular weight excluding hydrogens is 452 g/mol. The molecule has 0 N–H and O–H groups in total.